The smallest absolute Gasteiger partial charge is 0.253 e. The molecule has 0 bridgehead atoms. The number of fused-ring (bicyclic) bond motifs is 1. The Hall–Kier alpha value is -4.10. The van der Waals surface area contributed by atoms with Crippen molar-refractivity contribution < 1.29 is 4.79 Å². The van der Waals surface area contributed by atoms with Crippen LogP contribution in [0.1, 0.15) is 41.9 Å². The van der Waals surface area contributed by atoms with Crippen LogP contribution in [0.2, 0.25) is 0 Å². The average molecular weight is 547 g/mol. The van der Waals surface area contributed by atoms with Crippen molar-refractivity contribution in [2.45, 2.75) is 26.8 Å². The second kappa shape index (κ2) is 11.4. The number of aromatic nitrogens is 1. The molecule has 1 aromatic carbocycles. The van der Waals surface area contributed by atoms with Gasteiger partial charge in [-0.1, -0.05) is 55.5 Å². The highest BCUT2D eigenvalue weighted by Crippen LogP contribution is 2.47. The molecule has 3 unspecified atom stereocenters. The van der Waals surface area contributed by atoms with Gasteiger partial charge in [-0.15, -0.1) is 0 Å². The van der Waals surface area contributed by atoms with Crippen LogP contribution in [0.5, 0.6) is 0 Å². The van der Waals surface area contributed by atoms with Crippen molar-refractivity contribution in [2.24, 2.45) is 27.2 Å². The maximum absolute atomic E-state index is 13.1. The van der Waals surface area contributed by atoms with E-state index in [1.807, 2.05) is 53.6 Å². The zero-order chi connectivity index (χ0) is 28.4. The first kappa shape index (κ1) is 27.1. The molecule has 0 saturated carbocycles. The molecule has 2 aromatic rings. The lowest BCUT2D eigenvalue weighted by Crippen LogP contribution is -2.48. The van der Waals surface area contributed by atoms with Crippen molar-refractivity contribution in [1.29, 1.82) is 0 Å². The fourth-order valence-corrected chi connectivity index (χ4v) is 5.97. The van der Waals surface area contributed by atoms with Crippen molar-refractivity contribution >= 4 is 17.6 Å². The summed E-state index contributed by atoms with van der Waals surface area (Å²) in [5.41, 5.74) is 4.35. The molecular weight excluding hydrogens is 508 g/mol. The minimum absolute atomic E-state index is 0.0788. The van der Waals surface area contributed by atoms with Gasteiger partial charge in [0.15, 0.2) is 5.84 Å². The third kappa shape index (κ3) is 5.46. The van der Waals surface area contributed by atoms with Crippen LogP contribution in [0.3, 0.4) is 0 Å². The quantitative estimate of drug-likeness (QED) is 0.572. The lowest BCUT2D eigenvalue weighted by Gasteiger charge is -2.42. The van der Waals surface area contributed by atoms with Gasteiger partial charge in [-0.3, -0.25) is 9.78 Å². The van der Waals surface area contributed by atoms with Crippen molar-refractivity contribution in [1.82, 2.24) is 20.1 Å². The summed E-state index contributed by atoms with van der Waals surface area (Å²) in [6.07, 6.45) is 16.3. The molecule has 7 heteroatoms. The molecule has 4 aliphatic rings. The molecule has 41 heavy (non-hydrogen) atoms. The van der Waals surface area contributed by atoms with Crippen molar-refractivity contribution in [3.8, 4) is 0 Å². The first-order chi connectivity index (χ1) is 19.9. The molecule has 3 atom stereocenters. The number of benzene rings is 1. The molecule has 1 aromatic heterocycles. The summed E-state index contributed by atoms with van der Waals surface area (Å²) in [6.45, 7) is 8.36. The summed E-state index contributed by atoms with van der Waals surface area (Å²) in [6, 6.07) is 13.7. The van der Waals surface area contributed by atoms with E-state index in [0.717, 1.165) is 55.4 Å². The van der Waals surface area contributed by atoms with Crippen LogP contribution in [-0.4, -0.2) is 65.6 Å². The normalized spacial score (nSPS) is 26.0. The molecule has 1 fully saturated rings. The predicted octanol–water partition coefficient (Wildman–Crippen LogP) is 5.02. The Morgan fingerprint density at radius 1 is 1.05 bits per heavy atom. The number of amides is 1. The Kier molecular flexibility index (Phi) is 7.54. The summed E-state index contributed by atoms with van der Waals surface area (Å²) in [4.78, 5) is 32.1. The minimum Gasteiger partial charge on any atom is -0.367 e. The molecule has 2 aliphatic carbocycles. The molecule has 6 rings (SSSR count). The fourth-order valence-electron chi connectivity index (χ4n) is 5.97. The third-order valence-electron chi connectivity index (χ3n) is 8.69. The summed E-state index contributed by atoms with van der Waals surface area (Å²) in [5.74, 6) is 2.25. The number of nitrogens with zero attached hydrogens (tertiary/aromatic N) is 5. The largest absolute Gasteiger partial charge is 0.367 e. The number of aliphatic imine (C=N–C) groups is 2. The molecule has 0 radical (unpaired) electrons. The molecular formula is C34H38N6O. The molecule has 1 saturated heterocycles. The number of allylic oxidation sites excluding steroid dienone is 7. The van der Waals surface area contributed by atoms with Crippen LogP contribution < -0.4 is 5.32 Å². The second-order valence-electron chi connectivity index (χ2n) is 11.6. The molecule has 1 N–H and O–H groups in total. The summed E-state index contributed by atoms with van der Waals surface area (Å²) >= 11 is 0. The lowest BCUT2D eigenvalue weighted by molar-refractivity contribution is 0.0664. The standard InChI is InChI=1S/C34H38N6O/c1-24-10-12-25(13-11-24)29-8-6-9-30-34(29,2)33(36-23-28-7-4-5-18-35-28)38-31(37-30)26-14-16-27(17-15-26)32(41)40-21-19-39(3)20-22-40/h4-10,12-18,24,29H,11,19-23H2,1-3H3,(H,36,37,38). The number of carbonyl (C=O) groups excluding carboxylic acids is 1. The first-order valence-corrected chi connectivity index (χ1v) is 14.6. The van der Waals surface area contributed by atoms with Gasteiger partial charge in [-0.25, -0.2) is 9.98 Å². The highest BCUT2D eigenvalue weighted by Gasteiger charge is 2.46. The highest BCUT2D eigenvalue weighted by molar-refractivity contribution is 6.12. The molecule has 7 nitrogen and oxygen atoms in total. The minimum atomic E-state index is -0.457. The van der Waals surface area contributed by atoms with Gasteiger partial charge in [0.05, 0.1) is 23.4 Å². The highest BCUT2D eigenvalue weighted by atomic mass is 16.2. The van der Waals surface area contributed by atoms with Crippen molar-refractivity contribution in [3.05, 3.63) is 113 Å². The molecule has 3 heterocycles. The Morgan fingerprint density at radius 2 is 1.85 bits per heavy atom. The van der Waals surface area contributed by atoms with Gasteiger partial charge in [0.2, 0.25) is 0 Å². The zero-order valence-corrected chi connectivity index (χ0v) is 24.1. The van der Waals surface area contributed by atoms with Gasteiger partial charge in [0.25, 0.3) is 5.91 Å². The Balaban J connectivity index is 1.31. The van der Waals surface area contributed by atoms with E-state index in [0.29, 0.717) is 23.9 Å². The summed E-state index contributed by atoms with van der Waals surface area (Å²) in [5, 5.41) is 3.65. The number of piperazine rings is 1. The van der Waals surface area contributed by atoms with Gasteiger partial charge in [-0.05, 0) is 62.2 Å². The first-order valence-electron chi connectivity index (χ1n) is 14.6. The van der Waals surface area contributed by atoms with Gasteiger partial charge in [-0.2, -0.15) is 0 Å². The molecule has 2 aliphatic heterocycles. The summed E-state index contributed by atoms with van der Waals surface area (Å²) < 4.78 is 0. The number of amidine groups is 2. The Morgan fingerprint density at radius 3 is 2.56 bits per heavy atom. The maximum Gasteiger partial charge on any atom is 0.253 e. The number of rotatable bonds is 5. The number of hydrogen-bond acceptors (Lipinski definition) is 6. The summed E-state index contributed by atoms with van der Waals surface area (Å²) in [7, 11) is 2.09. The van der Waals surface area contributed by atoms with Crippen LogP contribution in [0, 0.1) is 17.3 Å². The molecule has 1 amide bonds. The maximum atomic E-state index is 13.1. The SMILES string of the molecule is CC1C=CC(C2C=CC=C3N=C(c4ccc(C(=O)N5CCN(C)CC5)cc4)N=C(NCc4ccccn4)C32C)=CC1. The number of hydrogen-bond donors (Lipinski definition) is 1. The van der Waals surface area contributed by atoms with Crippen LogP contribution in [0.4, 0.5) is 0 Å². The van der Waals surface area contributed by atoms with Crippen molar-refractivity contribution in [3.63, 3.8) is 0 Å². The Labute approximate surface area is 242 Å². The van der Waals surface area contributed by atoms with E-state index >= 15 is 0 Å². The van der Waals surface area contributed by atoms with Gasteiger partial charge in [0, 0.05) is 49.4 Å². The van der Waals surface area contributed by atoms with E-state index in [1.165, 1.54) is 5.57 Å². The number of likely N-dealkylation sites (N-methyl/N-ethyl adjacent to an activating group) is 1. The predicted molar refractivity (Wildman–Crippen MR) is 165 cm³/mol. The van der Waals surface area contributed by atoms with E-state index in [9.17, 15) is 4.79 Å². The number of carbonyl (C=O) groups is 1. The fraction of sp³-hybridized carbons (Fsp3) is 0.353. The second-order valence-corrected chi connectivity index (χ2v) is 11.6. The van der Waals surface area contributed by atoms with E-state index in [2.05, 4.69) is 72.6 Å². The monoisotopic (exact) mass is 546 g/mol. The lowest BCUT2D eigenvalue weighted by atomic mass is 9.66. The van der Waals surface area contributed by atoms with E-state index in [4.69, 9.17) is 9.98 Å². The van der Waals surface area contributed by atoms with Crippen LogP contribution in [0.25, 0.3) is 0 Å². The zero-order valence-electron chi connectivity index (χ0n) is 24.1. The van der Waals surface area contributed by atoms with E-state index < -0.39 is 5.41 Å². The molecule has 210 valence electrons. The van der Waals surface area contributed by atoms with E-state index in [-0.39, 0.29) is 11.8 Å². The van der Waals surface area contributed by atoms with Crippen molar-refractivity contribution in [2.75, 3.05) is 33.2 Å². The number of nitrogens with one attached hydrogen (secondary N) is 1. The van der Waals surface area contributed by atoms with Crippen LogP contribution >= 0.6 is 0 Å². The molecule has 0 spiro atoms. The van der Waals surface area contributed by atoms with Gasteiger partial charge in [0.1, 0.15) is 5.84 Å². The van der Waals surface area contributed by atoms with Crippen LogP contribution in [-0.2, 0) is 6.54 Å². The van der Waals surface area contributed by atoms with Gasteiger partial charge < -0.3 is 15.1 Å². The third-order valence-corrected chi connectivity index (χ3v) is 8.69. The van der Waals surface area contributed by atoms with Gasteiger partial charge >= 0.3 is 0 Å². The van der Waals surface area contributed by atoms with Crippen LogP contribution in [0.15, 0.2) is 106 Å². The topological polar surface area (TPSA) is 73.2 Å². The Bertz CT molecular complexity index is 1470. The average Bonchev–Trinajstić information content (AvgIpc) is 3.00. The van der Waals surface area contributed by atoms with E-state index in [1.54, 1.807) is 0 Å². The number of pyridine rings is 1.